The molecule has 3 atom stereocenters. The molecule has 3 N–H and O–H groups in total. The van der Waals surface area contributed by atoms with Gasteiger partial charge < -0.3 is 11.1 Å². The fourth-order valence-corrected chi connectivity index (χ4v) is 3.60. The summed E-state index contributed by atoms with van der Waals surface area (Å²) in [6, 6.07) is 8.16. The van der Waals surface area contributed by atoms with Crippen molar-refractivity contribution in [1.82, 2.24) is 4.90 Å². The second-order valence-electron chi connectivity index (χ2n) is 6.88. The predicted molar refractivity (Wildman–Crippen MR) is 92.7 cm³/mol. The molecule has 22 heavy (non-hydrogen) atoms. The first-order valence-corrected chi connectivity index (χ1v) is 8.34. The molecular formula is C18H29N3O. The van der Waals surface area contributed by atoms with E-state index < -0.39 is 0 Å². The highest BCUT2D eigenvalue weighted by Crippen LogP contribution is 2.28. The van der Waals surface area contributed by atoms with Gasteiger partial charge in [0.2, 0.25) is 5.91 Å². The van der Waals surface area contributed by atoms with Gasteiger partial charge in [0.25, 0.3) is 0 Å². The molecule has 1 aromatic carbocycles. The number of nitrogens with zero attached hydrogens (tertiary/aromatic N) is 1. The quantitative estimate of drug-likeness (QED) is 0.837. The van der Waals surface area contributed by atoms with Crippen LogP contribution in [0.5, 0.6) is 0 Å². The number of anilines is 2. The summed E-state index contributed by atoms with van der Waals surface area (Å²) in [5, 5.41) is 3.04. The van der Waals surface area contributed by atoms with Crippen molar-refractivity contribution >= 4 is 17.3 Å². The van der Waals surface area contributed by atoms with Crippen LogP contribution in [0.3, 0.4) is 0 Å². The Balaban J connectivity index is 2.18. The van der Waals surface area contributed by atoms with Crippen molar-refractivity contribution in [1.29, 1.82) is 0 Å². The van der Waals surface area contributed by atoms with Crippen LogP contribution in [-0.4, -0.2) is 28.9 Å². The number of piperidine rings is 1. The predicted octanol–water partition coefficient (Wildman–Crippen LogP) is 3.49. The first-order chi connectivity index (χ1) is 10.4. The molecule has 122 valence electrons. The van der Waals surface area contributed by atoms with Crippen LogP contribution in [0.2, 0.25) is 0 Å². The average molecular weight is 303 g/mol. The Labute approximate surface area is 134 Å². The lowest BCUT2D eigenvalue weighted by Crippen LogP contribution is -2.56. The number of carbonyl (C=O) groups excluding carboxylic acids is 1. The van der Waals surface area contributed by atoms with Crippen LogP contribution >= 0.6 is 0 Å². The van der Waals surface area contributed by atoms with Gasteiger partial charge in [-0.05, 0) is 50.8 Å². The highest BCUT2D eigenvalue weighted by atomic mass is 16.2. The molecule has 0 aromatic heterocycles. The molecule has 1 aromatic rings. The van der Waals surface area contributed by atoms with Gasteiger partial charge in [-0.3, -0.25) is 9.69 Å². The van der Waals surface area contributed by atoms with Gasteiger partial charge in [-0.15, -0.1) is 0 Å². The van der Waals surface area contributed by atoms with Crippen molar-refractivity contribution in [2.45, 2.75) is 65.1 Å². The van der Waals surface area contributed by atoms with E-state index in [1.807, 2.05) is 18.2 Å². The Morgan fingerprint density at radius 2 is 1.91 bits per heavy atom. The van der Waals surface area contributed by atoms with Gasteiger partial charge in [0, 0.05) is 23.5 Å². The van der Waals surface area contributed by atoms with Gasteiger partial charge in [-0.1, -0.05) is 26.3 Å². The number of nitrogens with one attached hydrogen (secondary N) is 1. The fourth-order valence-electron chi connectivity index (χ4n) is 3.60. The molecule has 0 saturated carbocycles. The number of nitrogen functional groups attached to an aromatic ring is 1. The maximum atomic E-state index is 12.9. The van der Waals surface area contributed by atoms with E-state index in [1.54, 1.807) is 6.07 Å². The number of nitrogens with two attached hydrogens (primary N) is 1. The molecule has 1 aliphatic heterocycles. The minimum absolute atomic E-state index is 0.0706. The summed E-state index contributed by atoms with van der Waals surface area (Å²) in [6.45, 7) is 8.72. The second kappa shape index (κ2) is 7.14. The van der Waals surface area contributed by atoms with Crippen molar-refractivity contribution in [2.75, 3.05) is 11.1 Å². The molecule has 4 nitrogen and oxygen atoms in total. The first kappa shape index (κ1) is 16.8. The number of hydrogen-bond donors (Lipinski definition) is 2. The molecule has 1 saturated heterocycles. The van der Waals surface area contributed by atoms with Crippen molar-refractivity contribution in [3.8, 4) is 0 Å². The number of amides is 1. The highest BCUT2D eigenvalue weighted by molar-refractivity contribution is 5.95. The van der Waals surface area contributed by atoms with E-state index in [0.717, 1.165) is 5.69 Å². The number of benzene rings is 1. The Hall–Kier alpha value is -1.55. The van der Waals surface area contributed by atoms with Crippen LogP contribution in [-0.2, 0) is 4.79 Å². The summed E-state index contributed by atoms with van der Waals surface area (Å²) >= 11 is 0. The Morgan fingerprint density at radius 1 is 1.27 bits per heavy atom. The maximum absolute atomic E-state index is 12.9. The smallest absolute Gasteiger partial charge is 0.242 e. The van der Waals surface area contributed by atoms with Crippen LogP contribution in [0.15, 0.2) is 24.3 Å². The summed E-state index contributed by atoms with van der Waals surface area (Å²) < 4.78 is 0. The van der Waals surface area contributed by atoms with E-state index in [9.17, 15) is 4.79 Å². The largest absolute Gasteiger partial charge is 0.399 e. The lowest BCUT2D eigenvalue weighted by atomic mass is 9.90. The van der Waals surface area contributed by atoms with Gasteiger partial charge in [-0.25, -0.2) is 0 Å². The lowest BCUT2D eigenvalue weighted by Gasteiger charge is -2.45. The van der Waals surface area contributed by atoms with Gasteiger partial charge >= 0.3 is 0 Å². The lowest BCUT2D eigenvalue weighted by molar-refractivity contribution is -0.126. The molecular weight excluding hydrogens is 274 g/mol. The molecule has 1 aliphatic rings. The minimum Gasteiger partial charge on any atom is -0.399 e. The minimum atomic E-state index is -0.105. The summed E-state index contributed by atoms with van der Waals surface area (Å²) in [5.74, 6) is 0.338. The summed E-state index contributed by atoms with van der Waals surface area (Å²) in [7, 11) is 0. The standard InChI is InChI=1S/C18H29N3O/c1-12(2)17(21-13(3)7-5-8-14(21)4)18(22)20-16-10-6-9-15(19)11-16/h6,9-14,17H,5,7-8,19H2,1-4H3,(H,20,22). The molecule has 0 radical (unpaired) electrons. The second-order valence-corrected chi connectivity index (χ2v) is 6.88. The molecule has 1 amide bonds. The topological polar surface area (TPSA) is 58.4 Å². The molecule has 3 unspecified atom stereocenters. The zero-order valence-corrected chi connectivity index (χ0v) is 14.2. The third-order valence-electron chi connectivity index (χ3n) is 4.64. The van der Waals surface area contributed by atoms with Crippen molar-refractivity contribution in [2.24, 2.45) is 5.92 Å². The van der Waals surface area contributed by atoms with E-state index in [2.05, 4.69) is 37.9 Å². The van der Waals surface area contributed by atoms with Crippen molar-refractivity contribution in [3.63, 3.8) is 0 Å². The molecule has 1 heterocycles. The van der Waals surface area contributed by atoms with Gasteiger partial charge in [0.15, 0.2) is 0 Å². The Kier molecular flexibility index (Phi) is 5.46. The zero-order chi connectivity index (χ0) is 16.3. The molecule has 0 aliphatic carbocycles. The molecule has 0 spiro atoms. The molecule has 2 rings (SSSR count). The van der Waals surface area contributed by atoms with Gasteiger partial charge in [-0.2, -0.15) is 0 Å². The summed E-state index contributed by atoms with van der Waals surface area (Å²) in [5.41, 5.74) is 7.23. The zero-order valence-electron chi connectivity index (χ0n) is 14.2. The molecule has 0 bridgehead atoms. The SMILES string of the molecule is CC(C)C(C(=O)Nc1cccc(N)c1)N1C(C)CCCC1C. The Bertz CT molecular complexity index is 505. The number of rotatable bonds is 4. The van der Waals surface area contributed by atoms with Crippen LogP contribution in [0, 0.1) is 5.92 Å². The van der Waals surface area contributed by atoms with Crippen LogP contribution in [0.25, 0.3) is 0 Å². The van der Waals surface area contributed by atoms with Gasteiger partial charge in [0.05, 0.1) is 6.04 Å². The van der Waals surface area contributed by atoms with Crippen molar-refractivity contribution in [3.05, 3.63) is 24.3 Å². The van der Waals surface area contributed by atoms with E-state index in [1.165, 1.54) is 19.3 Å². The van der Waals surface area contributed by atoms with Gasteiger partial charge in [0.1, 0.15) is 0 Å². The number of carbonyl (C=O) groups is 1. The van der Waals surface area contributed by atoms with E-state index in [0.29, 0.717) is 17.8 Å². The van der Waals surface area contributed by atoms with E-state index in [-0.39, 0.29) is 17.9 Å². The normalized spacial score (nSPS) is 24.2. The third-order valence-corrected chi connectivity index (χ3v) is 4.64. The molecule has 4 heteroatoms. The van der Waals surface area contributed by atoms with E-state index in [4.69, 9.17) is 5.73 Å². The Morgan fingerprint density at radius 3 is 2.45 bits per heavy atom. The van der Waals surface area contributed by atoms with Crippen LogP contribution < -0.4 is 11.1 Å². The number of hydrogen-bond acceptors (Lipinski definition) is 3. The highest BCUT2D eigenvalue weighted by Gasteiger charge is 2.36. The average Bonchev–Trinajstić information content (AvgIpc) is 2.42. The van der Waals surface area contributed by atoms with Crippen LogP contribution in [0.4, 0.5) is 11.4 Å². The summed E-state index contributed by atoms with van der Waals surface area (Å²) in [6.07, 6.45) is 3.58. The monoisotopic (exact) mass is 303 g/mol. The van der Waals surface area contributed by atoms with E-state index >= 15 is 0 Å². The fraction of sp³-hybridized carbons (Fsp3) is 0.611. The number of likely N-dealkylation sites (tertiary alicyclic amines) is 1. The maximum Gasteiger partial charge on any atom is 0.242 e. The van der Waals surface area contributed by atoms with Crippen molar-refractivity contribution < 1.29 is 4.79 Å². The summed E-state index contributed by atoms with van der Waals surface area (Å²) in [4.78, 5) is 15.3. The first-order valence-electron chi connectivity index (χ1n) is 8.34. The third kappa shape index (κ3) is 3.80. The van der Waals surface area contributed by atoms with Crippen LogP contribution in [0.1, 0.15) is 47.0 Å². The molecule has 1 fully saturated rings.